The third-order valence-corrected chi connectivity index (χ3v) is 3.35. The van der Waals surface area contributed by atoms with E-state index in [-0.39, 0.29) is 6.04 Å². The number of nitrogen functional groups attached to an aromatic ring is 1. The van der Waals surface area contributed by atoms with Crippen LogP contribution in [0.2, 0.25) is 0 Å². The molecule has 0 saturated carbocycles. The van der Waals surface area contributed by atoms with Crippen molar-refractivity contribution in [1.29, 1.82) is 0 Å². The second kappa shape index (κ2) is 4.85. The summed E-state index contributed by atoms with van der Waals surface area (Å²) in [6.45, 7) is 1.75. The minimum Gasteiger partial charge on any atom is -0.368 e. The molecular weight excluding hydrogens is 238 g/mol. The number of aromatic nitrogens is 2. The smallest absolute Gasteiger partial charge is 0.222 e. The van der Waals surface area contributed by atoms with E-state index in [2.05, 4.69) is 14.9 Å². The molecule has 19 heavy (non-hydrogen) atoms. The van der Waals surface area contributed by atoms with Crippen LogP contribution in [-0.4, -0.2) is 29.1 Å². The van der Waals surface area contributed by atoms with E-state index in [9.17, 15) is 0 Å². The van der Waals surface area contributed by atoms with Crippen molar-refractivity contribution in [2.45, 2.75) is 12.5 Å². The zero-order chi connectivity index (χ0) is 13.2. The van der Waals surface area contributed by atoms with Crippen LogP contribution in [0.15, 0.2) is 36.4 Å². The molecule has 1 unspecified atom stereocenters. The molecule has 0 aliphatic carbocycles. The molecule has 2 heterocycles. The number of nitrogens with two attached hydrogens (primary N) is 2. The minimum atomic E-state index is 0.219. The summed E-state index contributed by atoms with van der Waals surface area (Å²) in [4.78, 5) is 10.8. The van der Waals surface area contributed by atoms with Gasteiger partial charge in [0.05, 0.1) is 5.69 Å². The van der Waals surface area contributed by atoms with Gasteiger partial charge in [0, 0.05) is 30.8 Å². The summed E-state index contributed by atoms with van der Waals surface area (Å²) in [6.07, 6.45) is 0.991. The monoisotopic (exact) mass is 255 g/mol. The van der Waals surface area contributed by atoms with Crippen LogP contribution in [-0.2, 0) is 0 Å². The molecule has 2 aromatic rings. The van der Waals surface area contributed by atoms with E-state index in [4.69, 9.17) is 11.5 Å². The van der Waals surface area contributed by atoms with Gasteiger partial charge in [-0.2, -0.15) is 4.98 Å². The Balaban J connectivity index is 1.97. The Labute approximate surface area is 112 Å². The van der Waals surface area contributed by atoms with Crippen LogP contribution in [0.5, 0.6) is 0 Å². The SMILES string of the molecule is Nc1nc(-c2ccccc2)cc(N2CCC(N)C2)n1. The molecule has 1 aliphatic rings. The average molecular weight is 255 g/mol. The van der Waals surface area contributed by atoms with E-state index < -0.39 is 0 Å². The lowest BCUT2D eigenvalue weighted by atomic mass is 10.1. The predicted molar refractivity (Wildman–Crippen MR) is 76.7 cm³/mol. The van der Waals surface area contributed by atoms with E-state index in [0.717, 1.165) is 36.6 Å². The second-order valence-electron chi connectivity index (χ2n) is 4.83. The molecule has 0 amide bonds. The van der Waals surface area contributed by atoms with Crippen LogP contribution in [0.4, 0.5) is 11.8 Å². The van der Waals surface area contributed by atoms with Crippen LogP contribution in [0.1, 0.15) is 6.42 Å². The molecular formula is C14H17N5. The van der Waals surface area contributed by atoms with Crippen molar-refractivity contribution in [3.05, 3.63) is 36.4 Å². The molecule has 0 spiro atoms. The molecule has 1 saturated heterocycles. The summed E-state index contributed by atoms with van der Waals surface area (Å²) in [5.41, 5.74) is 13.6. The Morgan fingerprint density at radius 2 is 1.95 bits per heavy atom. The van der Waals surface area contributed by atoms with E-state index >= 15 is 0 Å². The first-order valence-electron chi connectivity index (χ1n) is 6.43. The summed E-state index contributed by atoms with van der Waals surface area (Å²) >= 11 is 0. The van der Waals surface area contributed by atoms with Crippen LogP contribution in [0, 0.1) is 0 Å². The quantitative estimate of drug-likeness (QED) is 0.844. The standard InChI is InChI=1S/C14H17N5/c15-11-6-7-19(9-11)13-8-12(17-14(16)18-13)10-4-2-1-3-5-10/h1-5,8,11H,6-7,9,15H2,(H2,16,17,18). The highest BCUT2D eigenvalue weighted by atomic mass is 15.2. The second-order valence-corrected chi connectivity index (χ2v) is 4.83. The molecule has 98 valence electrons. The summed E-state index contributed by atoms with van der Waals surface area (Å²) < 4.78 is 0. The van der Waals surface area contributed by atoms with Crippen LogP contribution < -0.4 is 16.4 Å². The molecule has 5 heteroatoms. The molecule has 0 radical (unpaired) electrons. The van der Waals surface area contributed by atoms with Gasteiger partial charge in [0.2, 0.25) is 5.95 Å². The lowest BCUT2D eigenvalue weighted by Crippen LogP contribution is -2.27. The maximum atomic E-state index is 5.93. The van der Waals surface area contributed by atoms with Gasteiger partial charge in [-0.1, -0.05) is 30.3 Å². The molecule has 1 aromatic heterocycles. The van der Waals surface area contributed by atoms with Gasteiger partial charge in [-0.25, -0.2) is 4.98 Å². The summed E-state index contributed by atoms with van der Waals surface area (Å²) in [5.74, 6) is 1.16. The van der Waals surface area contributed by atoms with Crippen molar-refractivity contribution in [2.24, 2.45) is 5.73 Å². The van der Waals surface area contributed by atoms with Crippen LogP contribution in [0.25, 0.3) is 11.3 Å². The van der Waals surface area contributed by atoms with Gasteiger partial charge >= 0.3 is 0 Å². The van der Waals surface area contributed by atoms with Gasteiger partial charge in [0.15, 0.2) is 0 Å². The topological polar surface area (TPSA) is 81.1 Å². The Hall–Kier alpha value is -2.14. The zero-order valence-corrected chi connectivity index (χ0v) is 10.7. The van der Waals surface area contributed by atoms with Gasteiger partial charge in [-0.05, 0) is 6.42 Å². The highest BCUT2D eigenvalue weighted by molar-refractivity contribution is 5.64. The van der Waals surface area contributed by atoms with E-state index in [1.54, 1.807) is 0 Å². The first kappa shape index (κ1) is 11.9. The molecule has 3 rings (SSSR count). The molecule has 4 N–H and O–H groups in total. The zero-order valence-electron chi connectivity index (χ0n) is 10.7. The number of hydrogen-bond donors (Lipinski definition) is 2. The van der Waals surface area contributed by atoms with E-state index in [1.165, 1.54) is 0 Å². The van der Waals surface area contributed by atoms with Crippen molar-refractivity contribution in [3.63, 3.8) is 0 Å². The summed E-state index contributed by atoms with van der Waals surface area (Å²) in [6, 6.07) is 12.2. The summed E-state index contributed by atoms with van der Waals surface area (Å²) in [7, 11) is 0. The van der Waals surface area contributed by atoms with Gasteiger partial charge in [0.1, 0.15) is 5.82 Å². The first-order chi connectivity index (χ1) is 9.22. The maximum Gasteiger partial charge on any atom is 0.222 e. The van der Waals surface area contributed by atoms with Gasteiger partial charge in [-0.3, -0.25) is 0 Å². The Morgan fingerprint density at radius 1 is 1.16 bits per heavy atom. The number of rotatable bonds is 2. The van der Waals surface area contributed by atoms with Crippen molar-refractivity contribution < 1.29 is 0 Å². The van der Waals surface area contributed by atoms with Gasteiger partial charge < -0.3 is 16.4 Å². The number of benzene rings is 1. The van der Waals surface area contributed by atoms with Crippen LogP contribution in [0.3, 0.4) is 0 Å². The third-order valence-electron chi connectivity index (χ3n) is 3.35. The Kier molecular flexibility index (Phi) is 3.05. The van der Waals surface area contributed by atoms with Crippen molar-refractivity contribution in [1.82, 2.24) is 9.97 Å². The highest BCUT2D eigenvalue weighted by Crippen LogP contribution is 2.24. The molecule has 1 fully saturated rings. The molecule has 1 atom stereocenters. The highest BCUT2D eigenvalue weighted by Gasteiger charge is 2.21. The van der Waals surface area contributed by atoms with Gasteiger partial charge in [0.25, 0.3) is 0 Å². The predicted octanol–water partition coefficient (Wildman–Crippen LogP) is 1.26. The molecule has 0 bridgehead atoms. The first-order valence-corrected chi connectivity index (χ1v) is 6.43. The Morgan fingerprint density at radius 3 is 2.63 bits per heavy atom. The fraction of sp³-hybridized carbons (Fsp3) is 0.286. The third kappa shape index (κ3) is 2.51. The normalized spacial score (nSPS) is 18.8. The fourth-order valence-electron chi connectivity index (χ4n) is 2.37. The number of anilines is 2. The van der Waals surface area contributed by atoms with Crippen molar-refractivity contribution in [3.8, 4) is 11.3 Å². The van der Waals surface area contributed by atoms with Gasteiger partial charge in [-0.15, -0.1) is 0 Å². The molecule has 1 aromatic carbocycles. The van der Waals surface area contributed by atoms with Crippen molar-refractivity contribution in [2.75, 3.05) is 23.7 Å². The minimum absolute atomic E-state index is 0.219. The molecule has 5 nitrogen and oxygen atoms in total. The Bertz CT molecular complexity index is 569. The largest absolute Gasteiger partial charge is 0.368 e. The number of hydrogen-bond acceptors (Lipinski definition) is 5. The van der Waals surface area contributed by atoms with Crippen LogP contribution >= 0.6 is 0 Å². The average Bonchev–Trinajstić information content (AvgIpc) is 2.86. The lowest BCUT2D eigenvalue weighted by Gasteiger charge is -2.17. The summed E-state index contributed by atoms with van der Waals surface area (Å²) in [5, 5.41) is 0. The van der Waals surface area contributed by atoms with E-state index in [0.29, 0.717) is 5.95 Å². The maximum absolute atomic E-state index is 5.93. The lowest BCUT2D eigenvalue weighted by molar-refractivity contribution is 0.751. The molecule has 1 aliphatic heterocycles. The number of nitrogens with zero attached hydrogens (tertiary/aromatic N) is 3. The fourth-order valence-corrected chi connectivity index (χ4v) is 2.37. The van der Waals surface area contributed by atoms with E-state index in [1.807, 2.05) is 36.4 Å². The van der Waals surface area contributed by atoms with Crippen molar-refractivity contribution >= 4 is 11.8 Å².